The van der Waals surface area contributed by atoms with E-state index in [1.165, 1.54) is 0 Å². The van der Waals surface area contributed by atoms with Crippen LogP contribution >= 0.6 is 27.7 Å². The fraction of sp³-hybridized carbons (Fsp3) is 0.133. The van der Waals surface area contributed by atoms with Gasteiger partial charge in [-0.15, -0.1) is 0 Å². The molecule has 5 nitrogen and oxygen atoms in total. The Morgan fingerprint density at radius 3 is 2.51 bits per heavy atom. The van der Waals surface area contributed by atoms with Gasteiger partial charge in [-0.1, -0.05) is 53.2 Å². The first-order chi connectivity index (χ1) is 18.1. The molecule has 3 aromatic carbocycles. The van der Waals surface area contributed by atoms with E-state index in [0.717, 1.165) is 66.5 Å². The molecule has 0 saturated heterocycles. The Hall–Kier alpha value is -3.55. The fourth-order valence-electron chi connectivity index (χ4n) is 3.89. The standard InChI is InChI=1S/C30H26BrN3O2S/c1-2-3-22-8-14-26-27(16-17-32-30(26)33-22)34-28-18-24(36-19-20-4-6-21(31)7-5-20)11-15-29(28)37-25-12-9-23(35)10-13-25/h4-18,35H,2-3,19H2,1H3,(H,32,33,34). The number of hydrogen-bond acceptors (Lipinski definition) is 6. The van der Waals surface area contributed by atoms with Gasteiger partial charge in [0.05, 0.1) is 11.4 Å². The van der Waals surface area contributed by atoms with Crippen LogP contribution in [0.5, 0.6) is 11.5 Å². The molecule has 0 amide bonds. The van der Waals surface area contributed by atoms with Crippen molar-refractivity contribution in [2.75, 3.05) is 5.32 Å². The van der Waals surface area contributed by atoms with E-state index in [-0.39, 0.29) is 5.75 Å². The second-order valence-electron chi connectivity index (χ2n) is 8.58. The summed E-state index contributed by atoms with van der Waals surface area (Å²) in [5.41, 5.74) is 4.71. The first-order valence-electron chi connectivity index (χ1n) is 12.1. The van der Waals surface area contributed by atoms with Gasteiger partial charge in [-0.3, -0.25) is 0 Å². The summed E-state index contributed by atoms with van der Waals surface area (Å²) < 4.78 is 7.18. The Kier molecular flexibility index (Phi) is 7.92. The number of anilines is 2. The molecule has 0 unspecified atom stereocenters. The first kappa shape index (κ1) is 25.1. The van der Waals surface area contributed by atoms with Crippen LogP contribution in [-0.2, 0) is 13.0 Å². The Labute approximate surface area is 229 Å². The van der Waals surface area contributed by atoms with Gasteiger partial charge in [-0.25, -0.2) is 9.97 Å². The highest BCUT2D eigenvalue weighted by Gasteiger charge is 2.11. The molecule has 0 aliphatic rings. The van der Waals surface area contributed by atoms with Crippen LogP contribution in [0.4, 0.5) is 11.4 Å². The summed E-state index contributed by atoms with van der Waals surface area (Å²) in [7, 11) is 0. The topological polar surface area (TPSA) is 67.3 Å². The van der Waals surface area contributed by atoms with E-state index in [0.29, 0.717) is 6.61 Å². The third-order valence-corrected chi connectivity index (χ3v) is 7.38. The van der Waals surface area contributed by atoms with Crippen molar-refractivity contribution in [3.05, 3.63) is 107 Å². The highest BCUT2D eigenvalue weighted by molar-refractivity contribution is 9.10. The Morgan fingerprint density at radius 1 is 0.919 bits per heavy atom. The van der Waals surface area contributed by atoms with E-state index in [1.807, 2.05) is 54.6 Å². The van der Waals surface area contributed by atoms with Crippen molar-refractivity contribution in [1.29, 1.82) is 0 Å². The summed E-state index contributed by atoms with van der Waals surface area (Å²) >= 11 is 5.09. The average Bonchev–Trinajstić information content (AvgIpc) is 2.91. The number of phenols is 1. The van der Waals surface area contributed by atoms with Crippen molar-refractivity contribution < 1.29 is 9.84 Å². The zero-order valence-corrected chi connectivity index (χ0v) is 22.7. The average molecular weight is 573 g/mol. The van der Waals surface area contributed by atoms with Crippen LogP contribution < -0.4 is 10.1 Å². The maximum Gasteiger partial charge on any atom is 0.161 e. The zero-order valence-electron chi connectivity index (χ0n) is 20.3. The van der Waals surface area contributed by atoms with E-state index in [4.69, 9.17) is 9.72 Å². The number of aromatic hydroxyl groups is 1. The molecule has 5 aromatic rings. The van der Waals surface area contributed by atoms with E-state index < -0.39 is 0 Å². The predicted octanol–water partition coefficient (Wildman–Crippen LogP) is 8.52. The van der Waals surface area contributed by atoms with Crippen LogP contribution in [0.1, 0.15) is 24.6 Å². The van der Waals surface area contributed by atoms with E-state index in [2.05, 4.69) is 51.4 Å². The second kappa shape index (κ2) is 11.7. The molecule has 0 spiro atoms. The van der Waals surface area contributed by atoms with E-state index >= 15 is 0 Å². The van der Waals surface area contributed by atoms with Crippen molar-refractivity contribution in [3.63, 3.8) is 0 Å². The molecule has 7 heteroatoms. The lowest BCUT2D eigenvalue weighted by Gasteiger charge is -2.16. The van der Waals surface area contributed by atoms with Crippen LogP contribution in [0.3, 0.4) is 0 Å². The monoisotopic (exact) mass is 571 g/mol. The van der Waals surface area contributed by atoms with Gasteiger partial charge in [0.1, 0.15) is 18.1 Å². The van der Waals surface area contributed by atoms with Gasteiger partial charge in [0.25, 0.3) is 0 Å². The van der Waals surface area contributed by atoms with Crippen molar-refractivity contribution in [2.24, 2.45) is 0 Å². The van der Waals surface area contributed by atoms with Gasteiger partial charge in [0, 0.05) is 37.6 Å². The number of hydrogen-bond donors (Lipinski definition) is 2. The number of nitrogens with one attached hydrogen (secondary N) is 1. The van der Waals surface area contributed by atoms with Gasteiger partial charge in [-0.05, 0) is 78.7 Å². The van der Waals surface area contributed by atoms with E-state index in [1.54, 1.807) is 30.1 Å². The number of aromatic nitrogens is 2. The molecular formula is C30H26BrN3O2S. The summed E-state index contributed by atoms with van der Waals surface area (Å²) in [6.45, 7) is 2.62. The number of pyridine rings is 2. The molecule has 2 aromatic heterocycles. The summed E-state index contributed by atoms with van der Waals surface area (Å²) in [6.07, 6.45) is 3.76. The minimum absolute atomic E-state index is 0.248. The normalized spacial score (nSPS) is 11.0. The molecule has 0 fully saturated rings. The molecule has 37 heavy (non-hydrogen) atoms. The van der Waals surface area contributed by atoms with Gasteiger partial charge in [0.2, 0.25) is 0 Å². The molecule has 0 radical (unpaired) electrons. The summed E-state index contributed by atoms with van der Waals surface area (Å²) in [5.74, 6) is 1.01. The maximum absolute atomic E-state index is 9.68. The summed E-state index contributed by atoms with van der Waals surface area (Å²) in [6, 6.07) is 27.5. The van der Waals surface area contributed by atoms with E-state index in [9.17, 15) is 5.11 Å². The smallest absolute Gasteiger partial charge is 0.161 e. The van der Waals surface area contributed by atoms with Crippen LogP contribution in [0, 0.1) is 0 Å². The first-order valence-corrected chi connectivity index (χ1v) is 13.7. The van der Waals surface area contributed by atoms with Gasteiger partial charge < -0.3 is 15.2 Å². The molecule has 0 bridgehead atoms. The Morgan fingerprint density at radius 2 is 1.73 bits per heavy atom. The number of nitrogens with zero attached hydrogens (tertiary/aromatic N) is 2. The van der Waals surface area contributed by atoms with Gasteiger partial charge in [-0.2, -0.15) is 0 Å². The molecule has 0 aliphatic carbocycles. The lowest BCUT2D eigenvalue weighted by atomic mass is 10.2. The fourth-order valence-corrected chi connectivity index (χ4v) is 5.04. The highest BCUT2D eigenvalue weighted by atomic mass is 79.9. The zero-order chi connectivity index (χ0) is 25.6. The van der Waals surface area contributed by atoms with Crippen LogP contribution in [0.15, 0.2) is 105 Å². The van der Waals surface area contributed by atoms with Crippen molar-refractivity contribution in [1.82, 2.24) is 9.97 Å². The Bertz CT molecular complexity index is 1510. The van der Waals surface area contributed by atoms with Crippen molar-refractivity contribution in [2.45, 2.75) is 36.2 Å². The van der Waals surface area contributed by atoms with Gasteiger partial charge >= 0.3 is 0 Å². The third-order valence-electron chi connectivity index (χ3n) is 5.77. The molecule has 2 heterocycles. The Balaban J connectivity index is 1.46. The molecule has 5 rings (SSSR count). The molecule has 0 saturated carbocycles. The lowest BCUT2D eigenvalue weighted by Crippen LogP contribution is -1.99. The number of aryl methyl sites for hydroxylation is 1. The maximum atomic E-state index is 9.68. The number of ether oxygens (including phenoxy) is 1. The SMILES string of the molecule is CCCc1ccc2c(Nc3cc(OCc4ccc(Br)cc4)ccc3Sc3ccc(O)cc3)ccnc2n1. The van der Waals surface area contributed by atoms with Gasteiger partial charge in [0.15, 0.2) is 5.65 Å². The quantitative estimate of drug-likeness (QED) is 0.185. The molecular weight excluding hydrogens is 546 g/mol. The predicted molar refractivity (Wildman–Crippen MR) is 154 cm³/mol. The molecule has 0 atom stereocenters. The van der Waals surface area contributed by atoms with Crippen molar-refractivity contribution >= 4 is 50.1 Å². The summed E-state index contributed by atoms with van der Waals surface area (Å²) in [5, 5.41) is 14.2. The number of fused-ring (bicyclic) bond motifs is 1. The molecule has 2 N–H and O–H groups in total. The van der Waals surface area contributed by atoms with Crippen molar-refractivity contribution in [3.8, 4) is 11.5 Å². The number of benzene rings is 3. The highest BCUT2D eigenvalue weighted by Crippen LogP contribution is 2.38. The van der Waals surface area contributed by atoms with Crippen LogP contribution in [0.2, 0.25) is 0 Å². The number of halogens is 1. The van der Waals surface area contributed by atoms with Crippen LogP contribution in [0.25, 0.3) is 11.0 Å². The molecule has 186 valence electrons. The molecule has 0 aliphatic heterocycles. The van der Waals surface area contributed by atoms with Crippen LogP contribution in [-0.4, -0.2) is 15.1 Å². The second-order valence-corrected chi connectivity index (χ2v) is 10.6. The number of rotatable bonds is 9. The third kappa shape index (κ3) is 6.42. The largest absolute Gasteiger partial charge is 0.508 e. The lowest BCUT2D eigenvalue weighted by molar-refractivity contribution is 0.306. The minimum Gasteiger partial charge on any atom is -0.508 e. The summed E-state index contributed by atoms with van der Waals surface area (Å²) in [4.78, 5) is 11.3. The minimum atomic E-state index is 0.248. The number of phenolic OH excluding ortho intramolecular Hbond substituents is 1.